The van der Waals surface area contributed by atoms with Crippen LogP contribution >= 0.6 is 11.3 Å². The standard InChI is InChI=1S/C60H75N11O7S/c1-41-12-21-48(33-51(41)67-59-62-24-22-50(66-59)47-11-10-23-61-36-47)65-56(74)46-19-15-44(16-20-46)37-70-28-26-69(27-29-70)25-8-6-7-9-30-77-31-32-78-39-53(73)68-55(60(3,4)5)58(76)71-38-49(72)34-52(71)57(75)63-35-43-13-17-45(18-14-43)54-42(2)64-40-79-54/h10-24,33,36,40,49,52,55,72H,6-9,25-32,34-35,37-39H2,1-5H3,(H,63,75)(H,65,74)(H,68,73)(H,62,66,67). The van der Waals surface area contributed by atoms with Crippen molar-refractivity contribution in [3.8, 4) is 21.7 Å². The number of hydrogen-bond acceptors (Lipinski definition) is 15. The van der Waals surface area contributed by atoms with Crippen molar-refractivity contribution in [2.75, 3.05) is 76.3 Å². The van der Waals surface area contributed by atoms with Crippen LogP contribution in [0.5, 0.6) is 0 Å². The molecule has 3 aromatic heterocycles. The molecule has 0 saturated carbocycles. The number of carbonyl (C=O) groups excluding carboxylic acids is 4. The Morgan fingerprint density at radius 3 is 2.29 bits per heavy atom. The van der Waals surface area contributed by atoms with Gasteiger partial charge in [0.05, 0.1) is 41.1 Å². The predicted octanol–water partition coefficient (Wildman–Crippen LogP) is 7.80. The second kappa shape index (κ2) is 28.2. The predicted molar refractivity (Wildman–Crippen MR) is 308 cm³/mol. The first-order valence-corrected chi connectivity index (χ1v) is 28.2. The molecule has 8 rings (SSSR count). The first kappa shape index (κ1) is 58.2. The number of aromatic nitrogens is 4. The van der Waals surface area contributed by atoms with Crippen LogP contribution in [0.2, 0.25) is 0 Å². The fourth-order valence-corrected chi connectivity index (χ4v) is 10.5. The monoisotopic (exact) mass is 1090 g/mol. The molecular weight excluding hydrogens is 1020 g/mol. The van der Waals surface area contributed by atoms with E-state index in [0.29, 0.717) is 30.4 Å². The third kappa shape index (κ3) is 17.0. The number of amides is 4. The molecule has 5 N–H and O–H groups in total. The Labute approximate surface area is 467 Å². The normalized spacial score (nSPS) is 16.4. The molecule has 2 fully saturated rings. The average molecular weight is 1090 g/mol. The molecule has 5 heterocycles. The molecule has 19 heteroatoms. The van der Waals surface area contributed by atoms with Gasteiger partial charge in [-0.15, -0.1) is 11.3 Å². The Hall–Kier alpha value is -7.00. The number of benzene rings is 3. The third-order valence-corrected chi connectivity index (χ3v) is 15.2. The second-order valence-corrected chi connectivity index (χ2v) is 22.3. The number of carbonyl (C=O) groups is 4. The molecule has 418 valence electrons. The van der Waals surface area contributed by atoms with Crippen molar-refractivity contribution in [2.24, 2.45) is 5.41 Å². The van der Waals surface area contributed by atoms with Crippen molar-refractivity contribution in [1.82, 2.24) is 45.3 Å². The number of unbranched alkanes of at least 4 members (excludes halogenated alkanes) is 3. The zero-order valence-corrected chi connectivity index (χ0v) is 46.9. The topological polar surface area (TPSA) is 216 Å². The van der Waals surface area contributed by atoms with E-state index in [4.69, 9.17) is 9.47 Å². The van der Waals surface area contributed by atoms with Gasteiger partial charge < -0.3 is 45.6 Å². The molecule has 0 bridgehead atoms. The van der Waals surface area contributed by atoms with E-state index in [-0.39, 0.29) is 44.5 Å². The number of rotatable bonds is 25. The number of aryl methyl sites for hydroxylation is 2. The molecule has 2 saturated heterocycles. The van der Waals surface area contributed by atoms with E-state index >= 15 is 0 Å². The number of β-amino-alcohol motifs (C(OH)–C–C–N with tert-alkyl or cyclic N) is 1. The first-order valence-electron chi connectivity index (χ1n) is 27.3. The molecule has 3 aromatic carbocycles. The number of nitrogens with one attached hydrogen (secondary N) is 4. The van der Waals surface area contributed by atoms with Crippen LogP contribution < -0.4 is 21.3 Å². The van der Waals surface area contributed by atoms with Crippen LogP contribution in [0.3, 0.4) is 0 Å². The molecule has 2 aliphatic rings. The van der Waals surface area contributed by atoms with Gasteiger partial charge in [-0.2, -0.15) is 0 Å². The fraction of sp³-hybridized carbons (Fsp3) is 0.433. The number of pyridine rings is 1. The summed E-state index contributed by atoms with van der Waals surface area (Å²) < 4.78 is 11.4. The van der Waals surface area contributed by atoms with Gasteiger partial charge in [0.15, 0.2) is 0 Å². The molecule has 79 heavy (non-hydrogen) atoms. The Morgan fingerprint density at radius 1 is 0.810 bits per heavy atom. The molecule has 0 radical (unpaired) electrons. The highest BCUT2D eigenvalue weighted by Gasteiger charge is 2.44. The van der Waals surface area contributed by atoms with E-state index < -0.39 is 35.4 Å². The summed E-state index contributed by atoms with van der Waals surface area (Å²) >= 11 is 1.58. The molecule has 2 aliphatic heterocycles. The van der Waals surface area contributed by atoms with Crippen LogP contribution in [-0.4, -0.2) is 147 Å². The van der Waals surface area contributed by atoms with Crippen molar-refractivity contribution in [2.45, 2.75) is 98.0 Å². The second-order valence-electron chi connectivity index (χ2n) is 21.5. The zero-order valence-electron chi connectivity index (χ0n) is 46.1. The van der Waals surface area contributed by atoms with Crippen LogP contribution in [0, 0.1) is 19.3 Å². The van der Waals surface area contributed by atoms with Crippen LogP contribution in [0.15, 0.2) is 109 Å². The minimum Gasteiger partial charge on any atom is -0.391 e. The summed E-state index contributed by atoms with van der Waals surface area (Å²) in [5, 5.41) is 22.7. The number of likely N-dealkylation sites (tertiary alicyclic amines) is 1. The number of thiazole rings is 1. The number of aliphatic hydroxyl groups is 1. The maximum absolute atomic E-state index is 14.0. The zero-order chi connectivity index (χ0) is 55.7. The van der Waals surface area contributed by atoms with Gasteiger partial charge in [-0.05, 0) is 103 Å². The highest BCUT2D eigenvalue weighted by molar-refractivity contribution is 7.13. The summed E-state index contributed by atoms with van der Waals surface area (Å²) in [7, 11) is 0. The maximum atomic E-state index is 14.0. The SMILES string of the molecule is Cc1ccc(NC(=O)c2ccc(CN3CCN(CCCCCCOCCOCC(=O)NC(C(=O)N4CC(O)CC4C(=O)NCc4ccc(-c5scnc5C)cc4)C(C)(C)C)CC3)cc2)cc1Nc1nccc(-c2cccnc2)n1. The van der Waals surface area contributed by atoms with Crippen molar-refractivity contribution in [3.63, 3.8) is 0 Å². The van der Waals surface area contributed by atoms with Gasteiger partial charge in [-0.1, -0.05) is 76.1 Å². The number of piperazine rings is 1. The van der Waals surface area contributed by atoms with Crippen molar-refractivity contribution in [3.05, 3.63) is 137 Å². The summed E-state index contributed by atoms with van der Waals surface area (Å²) in [6.07, 6.45) is 8.71. The minimum absolute atomic E-state index is 0.00103. The van der Waals surface area contributed by atoms with Crippen molar-refractivity contribution < 1.29 is 33.8 Å². The van der Waals surface area contributed by atoms with Gasteiger partial charge in [0.25, 0.3) is 5.91 Å². The summed E-state index contributed by atoms with van der Waals surface area (Å²) in [5.74, 6) is -0.949. The summed E-state index contributed by atoms with van der Waals surface area (Å²) in [6, 6.07) is 25.3. The minimum atomic E-state index is -0.941. The van der Waals surface area contributed by atoms with E-state index in [1.165, 1.54) is 10.5 Å². The van der Waals surface area contributed by atoms with Crippen LogP contribution in [0.4, 0.5) is 17.3 Å². The van der Waals surface area contributed by atoms with Gasteiger partial charge in [0.2, 0.25) is 23.7 Å². The quantitative estimate of drug-likeness (QED) is 0.0346. The van der Waals surface area contributed by atoms with Gasteiger partial charge in [-0.3, -0.25) is 29.1 Å². The third-order valence-electron chi connectivity index (χ3n) is 14.3. The lowest BCUT2D eigenvalue weighted by Crippen LogP contribution is -2.58. The lowest BCUT2D eigenvalue weighted by molar-refractivity contribution is -0.144. The Bertz CT molecular complexity index is 2950. The lowest BCUT2D eigenvalue weighted by atomic mass is 9.85. The summed E-state index contributed by atoms with van der Waals surface area (Å²) in [4.78, 5) is 78.8. The Kier molecular flexibility index (Phi) is 20.8. The average Bonchev–Trinajstić information content (AvgIpc) is 4.18. The van der Waals surface area contributed by atoms with E-state index in [1.807, 2.05) is 125 Å². The van der Waals surface area contributed by atoms with E-state index in [2.05, 4.69) is 51.0 Å². The Morgan fingerprint density at radius 2 is 1.56 bits per heavy atom. The maximum Gasteiger partial charge on any atom is 0.255 e. The van der Waals surface area contributed by atoms with Crippen LogP contribution in [0.25, 0.3) is 21.7 Å². The Balaban J connectivity index is 0.653. The van der Waals surface area contributed by atoms with Gasteiger partial charge in [0.1, 0.15) is 18.7 Å². The largest absolute Gasteiger partial charge is 0.391 e. The number of hydrogen-bond donors (Lipinski definition) is 5. The number of nitrogens with zero attached hydrogens (tertiary/aromatic N) is 7. The lowest BCUT2D eigenvalue weighted by Gasteiger charge is -2.35. The fourth-order valence-electron chi connectivity index (χ4n) is 9.70. The molecular formula is C60H75N11O7S. The van der Waals surface area contributed by atoms with E-state index in [9.17, 15) is 24.3 Å². The van der Waals surface area contributed by atoms with Gasteiger partial charge in [0, 0.05) is 99.9 Å². The summed E-state index contributed by atoms with van der Waals surface area (Å²) in [6.45, 7) is 16.7. The van der Waals surface area contributed by atoms with Crippen LogP contribution in [0.1, 0.15) is 85.6 Å². The van der Waals surface area contributed by atoms with Crippen LogP contribution in [-0.2, 0) is 36.9 Å². The van der Waals surface area contributed by atoms with Gasteiger partial charge >= 0.3 is 0 Å². The molecule has 3 atom stereocenters. The van der Waals surface area contributed by atoms with E-state index in [0.717, 1.165) is 109 Å². The molecule has 4 amide bonds. The highest BCUT2D eigenvalue weighted by atomic mass is 32.1. The molecule has 0 spiro atoms. The number of ether oxygens (including phenoxy) is 2. The summed E-state index contributed by atoms with van der Waals surface area (Å²) in [5.41, 5.74) is 9.94. The van der Waals surface area contributed by atoms with Crippen molar-refractivity contribution in [1.29, 1.82) is 0 Å². The molecule has 6 aromatic rings. The van der Waals surface area contributed by atoms with Crippen molar-refractivity contribution >= 4 is 52.3 Å². The van der Waals surface area contributed by atoms with Gasteiger partial charge in [-0.25, -0.2) is 15.0 Å². The smallest absolute Gasteiger partial charge is 0.255 e. The number of aliphatic hydroxyl groups excluding tert-OH is 1. The molecule has 3 unspecified atom stereocenters. The highest BCUT2D eigenvalue weighted by Crippen LogP contribution is 2.29. The number of anilines is 3. The molecule has 18 nitrogen and oxygen atoms in total. The first-order chi connectivity index (χ1) is 38.2. The molecule has 0 aliphatic carbocycles. The van der Waals surface area contributed by atoms with E-state index in [1.54, 1.807) is 29.9 Å².